The highest BCUT2D eigenvalue weighted by atomic mass is 32.2. The summed E-state index contributed by atoms with van der Waals surface area (Å²) in [6, 6.07) is 11.7. The molecule has 0 spiro atoms. The molecule has 0 N–H and O–H groups in total. The molecule has 0 fully saturated rings. The van der Waals surface area contributed by atoms with Crippen LogP contribution in [0.3, 0.4) is 0 Å². The first kappa shape index (κ1) is 27.3. The first-order valence-electron chi connectivity index (χ1n) is 11.2. The van der Waals surface area contributed by atoms with Crippen molar-refractivity contribution in [3.05, 3.63) is 94.8 Å². The molecule has 0 unspecified atom stereocenters. The summed E-state index contributed by atoms with van der Waals surface area (Å²) in [5.41, 5.74) is 0.569. The number of methoxy groups -OCH3 is 2. The van der Waals surface area contributed by atoms with Gasteiger partial charge in [0.15, 0.2) is 16.7 Å². The van der Waals surface area contributed by atoms with E-state index in [-0.39, 0.29) is 17.2 Å². The van der Waals surface area contributed by atoms with Crippen molar-refractivity contribution in [3.63, 3.8) is 0 Å². The summed E-state index contributed by atoms with van der Waals surface area (Å²) < 4.78 is 88.6. The van der Waals surface area contributed by atoms with E-state index >= 15 is 8.78 Å². The van der Waals surface area contributed by atoms with Crippen molar-refractivity contribution in [2.24, 2.45) is 0 Å². The summed E-state index contributed by atoms with van der Waals surface area (Å²) in [6.45, 7) is 1.18. The molecular weight excluding hydrogens is 541 g/mol. The minimum absolute atomic E-state index is 0.0381. The van der Waals surface area contributed by atoms with Crippen molar-refractivity contribution in [1.82, 2.24) is 4.98 Å². The van der Waals surface area contributed by atoms with Crippen molar-refractivity contribution in [2.45, 2.75) is 24.5 Å². The number of nitrogens with zero attached hydrogens (tertiary/aromatic N) is 2. The van der Waals surface area contributed by atoms with Gasteiger partial charge >= 0.3 is 0 Å². The third kappa shape index (κ3) is 5.55. The topological polar surface area (TPSA) is 78.0 Å². The van der Waals surface area contributed by atoms with Crippen molar-refractivity contribution in [3.8, 4) is 17.2 Å². The molecule has 0 saturated carbocycles. The van der Waals surface area contributed by atoms with Gasteiger partial charge in [0.1, 0.15) is 34.1 Å². The van der Waals surface area contributed by atoms with Crippen LogP contribution in [-0.2, 0) is 16.6 Å². The third-order valence-electron chi connectivity index (χ3n) is 5.64. The zero-order chi connectivity index (χ0) is 27.4. The molecule has 12 heteroatoms. The highest BCUT2D eigenvalue weighted by Crippen LogP contribution is 2.35. The number of aromatic nitrogens is 1. The van der Waals surface area contributed by atoms with E-state index < -0.39 is 44.2 Å². The minimum atomic E-state index is -4.66. The molecule has 0 saturated heterocycles. The molecule has 1 heterocycles. The molecular formula is C26H23F3N2O5S2. The fraction of sp³-hybridized carbons (Fsp3) is 0.192. The van der Waals surface area contributed by atoms with E-state index in [1.54, 1.807) is 29.6 Å². The van der Waals surface area contributed by atoms with E-state index in [4.69, 9.17) is 14.2 Å². The van der Waals surface area contributed by atoms with Gasteiger partial charge in [-0.3, -0.25) is 0 Å². The molecule has 0 amide bonds. The zero-order valence-electron chi connectivity index (χ0n) is 20.5. The predicted molar refractivity (Wildman–Crippen MR) is 137 cm³/mol. The summed E-state index contributed by atoms with van der Waals surface area (Å²) >= 11 is 1.01. The number of hydrogen-bond acceptors (Lipinski definition) is 7. The van der Waals surface area contributed by atoms with Gasteiger partial charge in [0.05, 0.1) is 20.8 Å². The van der Waals surface area contributed by atoms with Gasteiger partial charge in [-0.2, -0.15) is 0 Å². The Bertz CT molecular complexity index is 1530. The number of halogens is 3. The maximum atomic E-state index is 15.3. The highest BCUT2D eigenvalue weighted by Gasteiger charge is 2.32. The van der Waals surface area contributed by atoms with E-state index in [1.165, 1.54) is 45.5 Å². The Hall–Kier alpha value is -3.77. The fourth-order valence-corrected chi connectivity index (χ4v) is 6.04. The molecule has 7 nitrogen and oxygen atoms in total. The van der Waals surface area contributed by atoms with Crippen molar-refractivity contribution < 1.29 is 35.8 Å². The average Bonchev–Trinajstić information content (AvgIpc) is 3.43. The van der Waals surface area contributed by atoms with Crippen LogP contribution >= 0.6 is 11.3 Å². The molecule has 38 heavy (non-hydrogen) atoms. The van der Waals surface area contributed by atoms with Gasteiger partial charge in [-0.05, 0) is 25.1 Å². The Morgan fingerprint density at radius 3 is 2.37 bits per heavy atom. The second-order valence-electron chi connectivity index (χ2n) is 8.00. The first-order valence-corrected chi connectivity index (χ1v) is 13.5. The van der Waals surface area contributed by atoms with Crippen LogP contribution in [-0.4, -0.2) is 27.6 Å². The van der Waals surface area contributed by atoms with Crippen LogP contribution < -0.4 is 18.5 Å². The van der Waals surface area contributed by atoms with Gasteiger partial charge in [-0.25, -0.2) is 30.9 Å². The van der Waals surface area contributed by atoms with Crippen LogP contribution in [0.2, 0.25) is 0 Å². The second-order valence-corrected chi connectivity index (χ2v) is 10.7. The second kappa shape index (κ2) is 11.3. The summed E-state index contributed by atoms with van der Waals surface area (Å²) in [6.07, 6.45) is 0.424. The Morgan fingerprint density at radius 1 is 0.947 bits per heavy atom. The van der Waals surface area contributed by atoms with Crippen LogP contribution in [0, 0.1) is 17.5 Å². The number of rotatable bonds is 10. The van der Waals surface area contributed by atoms with Crippen LogP contribution in [0.5, 0.6) is 17.2 Å². The lowest BCUT2D eigenvalue weighted by atomic mass is 10.1. The maximum absolute atomic E-state index is 15.3. The average molecular weight is 565 g/mol. The van der Waals surface area contributed by atoms with Crippen LogP contribution in [0.1, 0.15) is 24.2 Å². The molecule has 0 aliphatic heterocycles. The van der Waals surface area contributed by atoms with Crippen LogP contribution in [0.4, 0.5) is 18.3 Å². The largest absolute Gasteiger partial charge is 0.497 e. The Kier molecular flexibility index (Phi) is 8.12. The summed E-state index contributed by atoms with van der Waals surface area (Å²) in [7, 11) is -1.77. The van der Waals surface area contributed by atoms with Gasteiger partial charge < -0.3 is 14.2 Å². The quantitative estimate of drug-likeness (QED) is 0.231. The standard InChI is InChI=1S/C26H23F3N2O5S2/c1-16(19-6-4-5-7-20(19)27)36-24-13-22(29)25(14-21(24)28)38(32,33)31(26-30-10-11-37-26)15-17-8-9-18(34-2)12-23(17)35-3/h4-14,16H,15H2,1-3H3/t16-/m0/s1. The number of benzene rings is 3. The minimum Gasteiger partial charge on any atom is -0.497 e. The van der Waals surface area contributed by atoms with Gasteiger partial charge in [-0.15, -0.1) is 11.3 Å². The number of anilines is 1. The summed E-state index contributed by atoms with van der Waals surface area (Å²) in [5.74, 6) is -2.69. The molecule has 200 valence electrons. The van der Waals surface area contributed by atoms with Crippen LogP contribution in [0.25, 0.3) is 0 Å². The lowest BCUT2D eigenvalue weighted by molar-refractivity contribution is 0.210. The normalized spacial score (nSPS) is 12.2. The Labute approximate surface area is 222 Å². The highest BCUT2D eigenvalue weighted by molar-refractivity contribution is 7.93. The van der Waals surface area contributed by atoms with Crippen molar-refractivity contribution in [2.75, 3.05) is 18.5 Å². The van der Waals surface area contributed by atoms with E-state index in [1.807, 2.05) is 0 Å². The van der Waals surface area contributed by atoms with Crippen molar-refractivity contribution in [1.29, 1.82) is 0 Å². The maximum Gasteiger partial charge on any atom is 0.269 e. The monoisotopic (exact) mass is 564 g/mol. The number of sulfonamides is 1. The van der Waals surface area contributed by atoms with Gasteiger partial charge in [0.2, 0.25) is 0 Å². The van der Waals surface area contributed by atoms with Crippen molar-refractivity contribution >= 4 is 26.5 Å². The Morgan fingerprint density at radius 2 is 1.71 bits per heavy atom. The SMILES string of the molecule is COc1ccc(CN(c2nccs2)S(=O)(=O)c2cc(F)c(O[C@@H](C)c3ccccc3F)cc2F)c(OC)c1. The molecule has 1 atom stereocenters. The smallest absolute Gasteiger partial charge is 0.269 e. The summed E-state index contributed by atoms with van der Waals surface area (Å²) in [5, 5.41) is 1.59. The lowest BCUT2D eigenvalue weighted by Crippen LogP contribution is -2.31. The molecule has 1 aromatic heterocycles. The van der Waals surface area contributed by atoms with E-state index in [2.05, 4.69) is 4.98 Å². The molecule has 3 aromatic carbocycles. The summed E-state index contributed by atoms with van der Waals surface area (Å²) in [4.78, 5) is 3.15. The number of hydrogen-bond donors (Lipinski definition) is 0. The number of thiazole rings is 1. The lowest BCUT2D eigenvalue weighted by Gasteiger charge is -2.24. The molecule has 4 rings (SSSR count). The van der Waals surface area contributed by atoms with Crippen LogP contribution in [0.15, 0.2) is 71.1 Å². The van der Waals surface area contributed by atoms with E-state index in [9.17, 15) is 12.8 Å². The van der Waals surface area contributed by atoms with E-state index in [0.717, 1.165) is 15.6 Å². The van der Waals surface area contributed by atoms with E-state index in [0.29, 0.717) is 29.2 Å². The fourth-order valence-electron chi connectivity index (χ4n) is 3.71. The first-order chi connectivity index (χ1) is 18.1. The predicted octanol–water partition coefficient (Wildman–Crippen LogP) is 6.11. The molecule has 0 bridgehead atoms. The molecule has 4 aromatic rings. The molecule has 0 radical (unpaired) electrons. The Balaban J connectivity index is 1.70. The molecule has 0 aliphatic carbocycles. The van der Waals surface area contributed by atoms with Gasteiger partial charge in [0, 0.05) is 40.9 Å². The zero-order valence-corrected chi connectivity index (χ0v) is 22.2. The third-order valence-corrected chi connectivity index (χ3v) is 8.30. The van der Waals surface area contributed by atoms with Gasteiger partial charge in [0.25, 0.3) is 10.0 Å². The van der Waals surface area contributed by atoms with Gasteiger partial charge in [-0.1, -0.05) is 18.2 Å². The molecule has 0 aliphatic rings. The number of ether oxygens (including phenoxy) is 3.